The second kappa shape index (κ2) is 4.81. The number of carboxylic acids is 1. The van der Waals surface area contributed by atoms with Gasteiger partial charge in [-0.25, -0.2) is 4.79 Å². The summed E-state index contributed by atoms with van der Waals surface area (Å²) in [4.78, 5) is 16.0. The van der Waals surface area contributed by atoms with Crippen molar-refractivity contribution in [3.05, 3.63) is 24.3 Å². The molecule has 0 saturated heterocycles. The number of aliphatic carboxylic acids is 1. The van der Waals surface area contributed by atoms with E-state index in [1.807, 2.05) is 24.3 Å². The van der Waals surface area contributed by atoms with Gasteiger partial charge in [0.25, 0.3) is 6.01 Å². The molecule has 0 amide bonds. The fourth-order valence-corrected chi connectivity index (χ4v) is 3.04. The Balaban J connectivity index is 1.91. The molecular formula is C15H18N2O3. The van der Waals surface area contributed by atoms with E-state index in [0.29, 0.717) is 30.4 Å². The summed E-state index contributed by atoms with van der Waals surface area (Å²) in [5.74, 6) is -0.442. The molecule has 1 aromatic carbocycles. The van der Waals surface area contributed by atoms with E-state index in [4.69, 9.17) is 4.42 Å². The van der Waals surface area contributed by atoms with Gasteiger partial charge in [0.1, 0.15) is 11.1 Å². The molecule has 2 aromatic rings. The van der Waals surface area contributed by atoms with Crippen molar-refractivity contribution >= 4 is 23.1 Å². The van der Waals surface area contributed by atoms with Crippen LogP contribution in [-0.2, 0) is 4.79 Å². The number of oxazole rings is 1. The Morgan fingerprint density at radius 2 is 2.30 bits per heavy atom. The highest BCUT2D eigenvalue weighted by atomic mass is 16.4. The quantitative estimate of drug-likeness (QED) is 0.898. The molecule has 5 nitrogen and oxygen atoms in total. The first-order valence-corrected chi connectivity index (χ1v) is 6.96. The number of fused-ring (bicyclic) bond motifs is 1. The molecule has 2 N–H and O–H groups in total. The maximum Gasteiger partial charge on any atom is 0.329 e. The maximum absolute atomic E-state index is 11.7. The van der Waals surface area contributed by atoms with Crippen LogP contribution in [0.5, 0.6) is 0 Å². The van der Waals surface area contributed by atoms with E-state index in [1.54, 1.807) is 0 Å². The van der Waals surface area contributed by atoms with Gasteiger partial charge in [-0.1, -0.05) is 31.9 Å². The van der Waals surface area contributed by atoms with Gasteiger partial charge in [-0.15, -0.1) is 0 Å². The lowest BCUT2D eigenvalue weighted by Crippen LogP contribution is -2.49. The smallest absolute Gasteiger partial charge is 0.329 e. The highest BCUT2D eigenvalue weighted by Gasteiger charge is 2.43. The van der Waals surface area contributed by atoms with Gasteiger partial charge in [0.05, 0.1) is 0 Å². The first kappa shape index (κ1) is 13.0. The Morgan fingerprint density at radius 1 is 1.50 bits per heavy atom. The first-order chi connectivity index (χ1) is 9.59. The fraction of sp³-hybridized carbons (Fsp3) is 0.467. The predicted octanol–water partition coefficient (Wildman–Crippen LogP) is 3.27. The van der Waals surface area contributed by atoms with E-state index in [9.17, 15) is 9.90 Å². The number of carboxylic acid groups (broad SMARTS) is 1. The molecule has 1 aliphatic carbocycles. The van der Waals surface area contributed by atoms with Crippen LogP contribution in [0.3, 0.4) is 0 Å². The molecule has 1 aliphatic rings. The van der Waals surface area contributed by atoms with E-state index in [1.165, 1.54) is 0 Å². The third-order valence-corrected chi connectivity index (χ3v) is 4.05. The lowest BCUT2D eigenvalue weighted by Gasteiger charge is -2.36. The normalized spacial score (nSPS) is 26.6. The summed E-state index contributed by atoms with van der Waals surface area (Å²) < 4.78 is 5.60. The van der Waals surface area contributed by atoms with Gasteiger partial charge in [0.2, 0.25) is 0 Å². The minimum atomic E-state index is -0.960. The molecule has 0 bridgehead atoms. The standard InChI is InChI=1S/C15H18N2O3/c1-10-5-4-8-15(9-10,13(18)19)17-14-16-11-6-2-3-7-12(11)20-14/h2-3,6-7,10H,4-5,8-9H2,1H3,(H,16,17)(H,18,19). The summed E-state index contributed by atoms with van der Waals surface area (Å²) in [6, 6.07) is 7.71. The minimum Gasteiger partial charge on any atom is -0.480 e. The molecule has 0 aliphatic heterocycles. The van der Waals surface area contributed by atoms with E-state index < -0.39 is 11.5 Å². The summed E-state index contributed by atoms with van der Waals surface area (Å²) in [6.45, 7) is 2.09. The highest BCUT2D eigenvalue weighted by molar-refractivity contribution is 5.83. The molecule has 2 atom stereocenters. The zero-order chi connectivity index (χ0) is 14.2. The zero-order valence-electron chi connectivity index (χ0n) is 11.4. The molecular weight excluding hydrogens is 256 g/mol. The van der Waals surface area contributed by atoms with Crippen LogP contribution in [0.2, 0.25) is 0 Å². The van der Waals surface area contributed by atoms with Crippen LogP contribution < -0.4 is 5.32 Å². The summed E-state index contributed by atoms with van der Waals surface area (Å²) in [6.07, 6.45) is 3.18. The van der Waals surface area contributed by atoms with Gasteiger partial charge in [-0.3, -0.25) is 0 Å². The van der Waals surface area contributed by atoms with E-state index in [-0.39, 0.29) is 0 Å². The Bertz CT molecular complexity index is 604. The average Bonchev–Trinajstić information content (AvgIpc) is 2.80. The van der Waals surface area contributed by atoms with Crippen molar-refractivity contribution in [3.63, 3.8) is 0 Å². The van der Waals surface area contributed by atoms with Crippen LogP contribution in [0.4, 0.5) is 6.01 Å². The SMILES string of the molecule is CC1CCCC(Nc2nc3ccccc3o2)(C(=O)O)C1. The number of nitrogens with one attached hydrogen (secondary N) is 1. The number of anilines is 1. The summed E-state index contributed by atoms with van der Waals surface area (Å²) in [5.41, 5.74) is 0.442. The number of hydrogen-bond donors (Lipinski definition) is 2. The second-order valence-corrected chi connectivity index (χ2v) is 5.70. The number of rotatable bonds is 3. The number of benzene rings is 1. The summed E-state index contributed by atoms with van der Waals surface area (Å²) in [7, 11) is 0. The molecule has 1 aromatic heterocycles. The Kier molecular flexibility index (Phi) is 3.12. The van der Waals surface area contributed by atoms with Gasteiger partial charge in [0, 0.05) is 0 Å². The van der Waals surface area contributed by atoms with Crippen LogP contribution in [0.25, 0.3) is 11.1 Å². The third-order valence-electron chi connectivity index (χ3n) is 4.05. The molecule has 1 fully saturated rings. The first-order valence-electron chi connectivity index (χ1n) is 6.96. The van der Waals surface area contributed by atoms with Crippen LogP contribution >= 0.6 is 0 Å². The number of para-hydroxylation sites is 2. The second-order valence-electron chi connectivity index (χ2n) is 5.70. The van der Waals surface area contributed by atoms with Crippen LogP contribution in [-0.4, -0.2) is 21.6 Å². The number of nitrogens with zero attached hydrogens (tertiary/aromatic N) is 1. The van der Waals surface area contributed by atoms with Crippen molar-refractivity contribution < 1.29 is 14.3 Å². The Hall–Kier alpha value is -2.04. The van der Waals surface area contributed by atoms with Gasteiger partial charge in [0.15, 0.2) is 5.58 Å². The Morgan fingerprint density at radius 3 is 3.00 bits per heavy atom. The fourth-order valence-electron chi connectivity index (χ4n) is 3.04. The lowest BCUT2D eigenvalue weighted by atomic mass is 9.76. The summed E-state index contributed by atoms with van der Waals surface area (Å²) >= 11 is 0. The molecule has 1 heterocycles. The molecule has 0 spiro atoms. The van der Waals surface area contributed by atoms with Crippen molar-refractivity contribution in [1.82, 2.24) is 4.98 Å². The number of aromatic nitrogens is 1. The number of carbonyl (C=O) groups is 1. The van der Waals surface area contributed by atoms with Crippen molar-refractivity contribution in [2.45, 2.75) is 38.1 Å². The van der Waals surface area contributed by atoms with Gasteiger partial charge in [-0.05, 0) is 30.9 Å². The molecule has 20 heavy (non-hydrogen) atoms. The lowest BCUT2D eigenvalue weighted by molar-refractivity contribution is -0.144. The van der Waals surface area contributed by atoms with Crippen LogP contribution in [0, 0.1) is 5.92 Å². The van der Waals surface area contributed by atoms with Crippen molar-refractivity contribution in [2.75, 3.05) is 5.32 Å². The number of hydrogen-bond acceptors (Lipinski definition) is 4. The molecule has 1 saturated carbocycles. The molecule has 5 heteroatoms. The third kappa shape index (κ3) is 2.24. The Labute approximate surface area is 117 Å². The predicted molar refractivity (Wildman–Crippen MR) is 75.6 cm³/mol. The minimum absolute atomic E-state index is 0.294. The maximum atomic E-state index is 11.7. The van der Waals surface area contributed by atoms with Crippen LogP contribution in [0.1, 0.15) is 32.6 Å². The van der Waals surface area contributed by atoms with E-state index in [2.05, 4.69) is 17.2 Å². The van der Waals surface area contributed by atoms with Crippen LogP contribution in [0.15, 0.2) is 28.7 Å². The topological polar surface area (TPSA) is 75.4 Å². The monoisotopic (exact) mass is 274 g/mol. The molecule has 2 unspecified atom stereocenters. The zero-order valence-corrected chi connectivity index (χ0v) is 11.4. The van der Waals surface area contributed by atoms with Gasteiger partial charge < -0.3 is 14.8 Å². The largest absolute Gasteiger partial charge is 0.480 e. The van der Waals surface area contributed by atoms with E-state index >= 15 is 0 Å². The van der Waals surface area contributed by atoms with Crippen molar-refractivity contribution in [2.24, 2.45) is 5.92 Å². The molecule has 0 radical (unpaired) electrons. The average molecular weight is 274 g/mol. The van der Waals surface area contributed by atoms with Crippen molar-refractivity contribution in [3.8, 4) is 0 Å². The van der Waals surface area contributed by atoms with E-state index in [0.717, 1.165) is 18.4 Å². The highest BCUT2D eigenvalue weighted by Crippen LogP contribution is 2.35. The summed E-state index contributed by atoms with van der Waals surface area (Å²) in [5, 5.41) is 12.6. The molecule has 106 valence electrons. The van der Waals surface area contributed by atoms with Crippen molar-refractivity contribution in [1.29, 1.82) is 0 Å². The van der Waals surface area contributed by atoms with Gasteiger partial charge >= 0.3 is 5.97 Å². The van der Waals surface area contributed by atoms with Gasteiger partial charge in [-0.2, -0.15) is 4.98 Å². The molecule has 3 rings (SSSR count).